The topological polar surface area (TPSA) is 77.8 Å². The number of nitrogens with zero attached hydrogens (tertiary/aromatic N) is 2. The second-order valence-corrected chi connectivity index (χ2v) is 6.02. The lowest BCUT2D eigenvalue weighted by atomic mass is 10.1. The zero-order valence-corrected chi connectivity index (χ0v) is 15.6. The van der Waals surface area contributed by atoms with Crippen molar-refractivity contribution < 1.29 is 22.4 Å². The molecular weight excluding hydrogens is 400 g/mol. The van der Waals surface area contributed by atoms with Crippen LogP contribution in [0.3, 0.4) is 0 Å². The lowest BCUT2D eigenvalue weighted by Gasteiger charge is -2.13. The highest BCUT2D eigenvalue weighted by Crippen LogP contribution is 2.33. The van der Waals surface area contributed by atoms with Crippen LogP contribution in [-0.4, -0.2) is 17.4 Å². The fraction of sp³-hybridized carbons (Fsp3) is 0.0952. The third-order valence-electron chi connectivity index (χ3n) is 3.74. The standard InChI is InChI=1S/C21H16F4N4O/c1-13(5-6-14(2)22)12-28-19-17(4-3-9-27-19)20(30)29-16-7-8-18(21(23,24)25)15(10-16)11-26/h3-10H,1-2,12H2,(H,27,28)(H,29,30)/b6-5-. The predicted octanol–water partition coefficient (Wildman–Crippen LogP) is 5.23. The minimum absolute atomic E-state index is 0.0214. The first kappa shape index (κ1) is 22.4. The maximum atomic E-state index is 12.9. The zero-order chi connectivity index (χ0) is 22.3. The van der Waals surface area contributed by atoms with E-state index in [1.54, 1.807) is 0 Å². The summed E-state index contributed by atoms with van der Waals surface area (Å²) < 4.78 is 51.4. The molecule has 1 amide bonds. The van der Waals surface area contributed by atoms with E-state index < -0.39 is 29.0 Å². The number of rotatable bonds is 7. The molecule has 154 valence electrons. The molecule has 0 saturated heterocycles. The van der Waals surface area contributed by atoms with Gasteiger partial charge in [0.15, 0.2) is 0 Å². The number of benzene rings is 1. The number of nitrogens with one attached hydrogen (secondary N) is 2. The zero-order valence-electron chi connectivity index (χ0n) is 15.6. The Morgan fingerprint density at radius 2 is 1.97 bits per heavy atom. The second-order valence-electron chi connectivity index (χ2n) is 6.02. The van der Waals surface area contributed by atoms with Gasteiger partial charge in [-0.05, 0) is 42.0 Å². The van der Waals surface area contributed by atoms with Gasteiger partial charge in [0.2, 0.25) is 0 Å². The molecule has 1 aromatic carbocycles. The molecule has 0 saturated carbocycles. The number of nitriles is 1. The molecule has 0 radical (unpaired) electrons. The third kappa shape index (κ3) is 6.04. The van der Waals surface area contributed by atoms with E-state index in [0.717, 1.165) is 24.3 Å². The molecule has 0 atom stereocenters. The fourth-order valence-electron chi connectivity index (χ4n) is 2.35. The van der Waals surface area contributed by atoms with Gasteiger partial charge in [0, 0.05) is 18.4 Å². The number of alkyl halides is 3. The second kappa shape index (κ2) is 9.52. The summed E-state index contributed by atoms with van der Waals surface area (Å²) in [6.45, 7) is 6.97. The minimum atomic E-state index is -4.68. The highest BCUT2D eigenvalue weighted by atomic mass is 19.4. The molecule has 2 rings (SSSR count). The highest BCUT2D eigenvalue weighted by molar-refractivity contribution is 6.07. The smallest absolute Gasteiger partial charge is 0.365 e. The van der Waals surface area contributed by atoms with Crippen molar-refractivity contribution in [3.05, 3.63) is 89.9 Å². The van der Waals surface area contributed by atoms with Gasteiger partial charge in [-0.2, -0.15) is 18.4 Å². The van der Waals surface area contributed by atoms with E-state index >= 15 is 0 Å². The van der Waals surface area contributed by atoms with Crippen LogP contribution in [0.1, 0.15) is 21.5 Å². The summed E-state index contributed by atoms with van der Waals surface area (Å²) >= 11 is 0. The van der Waals surface area contributed by atoms with Gasteiger partial charge >= 0.3 is 6.18 Å². The molecule has 0 aliphatic rings. The average molecular weight is 416 g/mol. The van der Waals surface area contributed by atoms with Crippen LogP contribution < -0.4 is 10.6 Å². The quantitative estimate of drug-likeness (QED) is 0.479. The van der Waals surface area contributed by atoms with Gasteiger partial charge in [-0.15, -0.1) is 0 Å². The van der Waals surface area contributed by atoms with Crippen LogP contribution in [0.5, 0.6) is 0 Å². The Balaban J connectivity index is 2.18. The van der Waals surface area contributed by atoms with E-state index in [4.69, 9.17) is 5.26 Å². The average Bonchev–Trinajstić information content (AvgIpc) is 2.69. The summed E-state index contributed by atoms with van der Waals surface area (Å²) in [4.78, 5) is 16.6. The number of carbonyl (C=O) groups is 1. The van der Waals surface area contributed by atoms with Crippen LogP contribution in [-0.2, 0) is 6.18 Å². The van der Waals surface area contributed by atoms with Crippen molar-refractivity contribution in [3.63, 3.8) is 0 Å². The van der Waals surface area contributed by atoms with Crippen molar-refractivity contribution in [2.24, 2.45) is 0 Å². The highest BCUT2D eigenvalue weighted by Gasteiger charge is 2.33. The van der Waals surface area contributed by atoms with Crippen LogP contribution in [0.4, 0.5) is 29.1 Å². The molecule has 5 nitrogen and oxygen atoms in total. The molecule has 1 heterocycles. The Morgan fingerprint density at radius 3 is 2.60 bits per heavy atom. The molecule has 0 aliphatic heterocycles. The maximum absolute atomic E-state index is 12.9. The molecular formula is C21H16F4N4O. The van der Waals surface area contributed by atoms with Crippen LogP contribution in [0, 0.1) is 11.3 Å². The number of hydrogen-bond acceptors (Lipinski definition) is 4. The van der Waals surface area contributed by atoms with Crippen molar-refractivity contribution in [2.75, 3.05) is 17.2 Å². The number of carbonyl (C=O) groups excluding carboxylic acids is 1. The van der Waals surface area contributed by atoms with Gasteiger partial charge in [-0.3, -0.25) is 4.79 Å². The number of anilines is 2. The summed E-state index contributed by atoms with van der Waals surface area (Å²) in [5.41, 5.74) is -1.07. The van der Waals surface area contributed by atoms with Gasteiger partial charge < -0.3 is 10.6 Å². The van der Waals surface area contributed by atoms with Gasteiger partial charge in [-0.1, -0.05) is 19.2 Å². The molecule has 0 unspecified atom stereocenters. The third-order valence-corrected chi connectivity index (χ3v) is 3.74. The Labute approximate surface area is 170 Å². The Kier molecular flexibility index (Phi) is 7.09. The van der Waals surface area contributed by atoms with Crippen molar-refractivity contribution in [1.29, 1.82) is 5.26 Å². The Morgan fingerprint density at radius 1 is 1.23 bits per heavy atom. The molecule has 9 heteroatoms. The first-order chi connectivity index (χ1) is 14.1. The Hall–Kier alpha value is -3.93. The van der Waals surface area contributed by atoms with E-state index in [2.05, 4.69) is 28.8 Å². The van der Waals surface area contributed by atoms with E-state index in [-0.39, 0.29) is 23.6 Å². The molecule has 0 fully saturated rings. The maximum Gasteiger partial charge on any atom is 0.417 e. The first-order valence-electron chi connectivity index (χ1n) is 8.43. The lowest BCUT2D eigenvalue weighted by molar-refractivity contribution is -0.137. The van der Waals surface area contributed by atoms with E-state index in [1.807, 2.05) is 0 Å². The number of hydrogen-bond donors (Lipinski definition) is 2. The van der Waals surface area contributed by atoms with Crippen LogP contribution >= 0.6 is 0 Å². The van der Waals surface area contributed by atoms with Gasteiger partial charge in [0.05, 0.1) is 22.8 Å². The van der Waals surface area contributed by atoms with Crippen molar-refractivity contribution in [2.45, 2.75) is 6.18 Å². The molecule has 2 N–H and O–H groups in total. The molecule has 0 spiro atoms. The summed E-state index contributed by atoms with van der Waals surface area (Å²) in [5.74, 6) is -1.09. The molecule has 2 aromatic rings. The summed E-state index contributed by atoms with van der Waals surface area (Å²) in [7, 11) is 0. The van der Waals surface area contributed by atoms with Crippen LogP contribution in [0.25, 0.3) is 0 Å². The van der Waals surface area contributed by atoms with Crippen molar-refractivity contribution >= 4 is 17.4 Å². The number of pyridine rings is 1. The van der Waals surface area contributed by atoms with E-state index in [0.29, 0.717) is 5.57 Å². The number of aromatic nitrogens is 1. The van der Waals surface area contributed by atoms with Gasteiger partial charge in [-0.25, -0.2) is 9.37 Å². The summed E-state index contributed by atoms with van der Waals surface area (Å²) in [5, 5.41) is 14.3. The predicted molar refractivity (Wildman–Crippen MR) is 105 cm³/mol. The fourth-order valence-corrected chi connectivity index (χ4v) is 2.35. The number of allylic oxidation sites excluding steroid dienone is 2. The van der Waals surface area contributed by atoms with Crippen LogP contribution in [0.2, 0.25) is 0 Å². The minimum Gasteiger partial charge on any atom is -0.365 e. The summed E-state index contributed by atoms with van der Waals surface area (Å²) in [6, 6.07) is 7.17. The molecule has 1 aromatic heterocycles. The monoisotopic (exact) mass is 416 g/mol. The molecule has 0 bridgehead atoms. The van der Waals surface area contributed by atoms with Crippen molar-refractivity contribution in [3.8, 4) is 6.07 Å². The van der Waals surface area contributed by atoms with E-state index in [1.165, 1.54) is 30.5 Å². The molecule has 30 heavy (non-hydrogen) atoms. The first-order valence-corrected chi connectivity index (χ1v) is 8.43. The molecule has 0 aliphatic carbocycles. The SMILES string of the molecule is C=C(F)/C=C\C(=C)CNc1ncccc1C(=O)Nc1ccc(C(F)(F)F)c(C#N)c1. The Bertz CT molecular complexity index is 1050. The largest absolute Gasteiger partial charge is 0.417 e. The normalized spacial score (nSPS) is 11.0. The number of halogens is 4. The lowest BCUT2D eigenvalue weighted by Crippen LogP contribution is -2.17. The van der Waals surface area contributed by atoms with Crippen LogP contribution in [0.15, 0.2) is 73.2 Å². The van der Waals surface area contributed by atoms with E-state index in [9.17, 15) is 22.4 Å². The van der Waals surface area contributed by atoms with Gasteiger partial charge in [0.25, 0.3) is 5.91 Å². The summed E-state index contributed by atoms with van der Waals surface area (Å²) in [6.07, 6.45) is -0.705. The van der Waals surface area contributed by atoms with Crippen molar-refractivity contribution in [1.82, 2.24) is 4.98 Å². The van der Waals surface area contributed by atoms with Gasteiger partial charge in [0.1, 0.15) is 11.6 Å². The number of amides is 1.